The van der Waals surface area contributed by atoms with Gasteiger partial charge in [-0.3, -0.25) is 9.59 Å². The molecule has 7 heteroatoms. The van der Waals surface area contributed by atoms with E-state index in [9.17, 15) is 9.59 Å². The van der Waals surface area contributed by atoms with Gasteiger partial charge >= 0.3 is 0 Å². The van der Waals surface area contributed by atoms with Crippen molar-refractivity contribution in [3.63, 3.8) is 0 Å². The average molecular weight is 491 g/mol. The van der Waals surface area contributed by atoms with Gasteiger partial charge in [-0.25, -0.2) is 0 Å². The Hall–Kier alpha value is -3.32. The summed E-state index contributed by atoms with van der Waals surface area (Å²) in [7, 11) is 0. The minimum Gasteiger partial charge on any atom is -0.454 e. The van der Waals surface area contributed by atoms with Crippen LogP contribution in [0.3, 0.4) is 0 Å². The summed E-state index contributed by atoms with van der Waals surface area (Å²) in [6, 6.07) is 19.4. The third-order valence-corrected chi connectivity index (χ3v) is 7.56. The first-order chi connectivity index (χ1) is 17.2. The molecule has 2 aromatic carbocycles. The molecule has 0 bridgehead atoms. The van der Waals surface area contributed by atoms with Gasteiger partial charge in [-0.1, -0.05) is 55.7 Å². The first-order valence-electron chi connectivity index (χ1n) is 12.2. The molecule has 0 unspecified atom stereocenters. The molecule has 2 heterocycles. The van der Waals surface area contributed by atoms with Crippen LogP contribution < -0.4 is 9.47 Å². The zero-order valence-electron chi connectivity index (χ0n) is 19.7. The molecule has 6 nitrogen and oxygen atoms in total. The molecular formula is C28H30N2O4S. The van der Waals surface area contributed by atoms with Crippen LogP contribution in [0.2, 0.25) is 0 Å². The number of thiophene rings is 1. The molecule has 0 saturated heterocycles. The number of hydrogen-bond acceptors (Lipinski definition) is 5. The van der Waals surface area contributed by atoms with E-state index in [1.165, 1.54) is 6.42 Å². The maximum atomic E-state index is 13.7. The molecule has 1 fully saturated rings. The largest absolute Gasteiger partial charge is 0.454 e. The highest BCUT2D eigenvalue weighted by Crippen LogP contribution is 2.33. The van der Waals surface area contributed by atoms with Crippen LogP contribution in [-0.2, 0) is 17.9 Å². The lowest BCUT2D eigenvalue weighted by Gasteiger charge is -2.35. The summed E-state index contributed by atoms with van der Waals surface area (Å²) in [5.74, 6) is 1.06. The van der Waals surface area contributed by atoms with E-state index in [0.29, 0.717) is 30.2 Å². The Kier molecular flexibility index (Phi) is 7.33. The third kappa shape index (κ3) is 5.68. The van der Waals surface area contributed by atoms with Crippen molar-refractivity contribution in [3.8, 4) is 11.5 Å². The van der Waals surface area contributed by atoms with E-state index in [0.717, 1.165) is 36.1 Å². The summed E-state index contributed by atoms with van der Waals surface area (Å²) >= 11 is 1.64. The van der Waals surface area contributed by atoms with Gasteiger partial charge in [0, 0.05) is 23.0 Å². The molecule has 1 aromatic heterocycles. The first kappa shape index (κ1) is 23.4. The zero-order chi connectivity index (χ0) is 24.0. The molecule has 2 aliphatic rings. The van der Waals surface area contributed by atoms with Crippen molar-refractivity contribution in [2.75, 3.05) is 13.3 Å². The molecule has 5 rings (SSSR count). The molecule has 0 N–H and O–H groups in total. The Bertz CT molecular complexity index is 1140. The van der Waals surface area contributed by atoms with Crippen LogP contribution in [0.1, 0.15) is 52.9 Å². The molecule has 1 aliphatic heterocycles. The van der Waals surface area contributed by atoms with Crippen LogP contribution in [-0.4, -0.2) is 41.0 Å². The lowest BCUT2D eigenvalue weighted by atomic mass is 9.93. The van der Waals surface area contributed by atoms with Crippen molar-refractivity contribution in [1.82, 2.24) is 9.80 Å². The summed E-state index contributed by atoms with van der Waals surface area (Å²) in [5, 5.41) is 2.03. The number of nitrogens with zero attached hydrogens (tertiary/aromatic N) is 2. The highest BCUT2D eigenvalue weighted by atomic mass is 32.1. The minimum absolute atomic E-state index is 0.0399. The van der Waals surface area contributed by atoms with Crippen molar-refractivity contribution >= 4 is 23.2 Å². The molecular weight excluding hydrogens is 460 g/mol. The smallest absolute Gasteiger partial charge is 0.254 e. The third-order valence-electron chi connectivity index (χ3n) is 6.70. The predicted molar refractivity (Wildman–Crippen MR) is 135 cm³/mol. The van der Waals surface area contributed by atoms with E-state index in [2.05, 4.69) is 0 Å². The van der Waals surface area contributed by atoms with Crippen molar-refractivity contribution in [2.24, 2.45) is 0 Å². The van der Waals surface area contributed by atoms with E-state index >= 15 is 0 Å². The Balaban J connectivity index is 1.39. The van der Waals surface area contributed by atoms with Gasteiger partial charge in [-0.05, 0) is 48.1 Å². The lowest BCUT2D eigenvalue weighted by Crippen LogP contribution is -2.48. The van der Waals surface area contributed by atoms with Crippen LogP contribution >= 0.6 is 11.3 Å². The fourth-order valence-electron chi connectivity index (χ4n) is 4.83. The topological polar surface area (TPSA) is 59.1 Å². The van der Waals surface area contributed by atoms with Crippen molar-refractivity contribution < 1.29 is 19.1 Å². The van der Waals surface area contributed by atoms with Gasteiger partial charge in [0.25, 0.3) is 5.91 Å². The average Bonchev–Trinajstić information content (AvgIpc) is 3.59. The number of hydrogen-bond donors (Lipinski definition) is 0. The van der Waals surface area contributed by atoms with Gasteiger partial charge in [-0.15, -0.1) is 11.3 Å². The van der Waals surface area contributed by atoms with Crippen LogP contribution in [0.15, 0.2) is 66.0 Å². The van der Waals surface area contributed by atoms with Gasteiger partial charge in [0.15, 0.2) is 11.5 Å². The maximum absolute atomic E-state index is 13.7. The predicted octanol–water partition coefficient (Wildman–Crippen LogP) is 5.48. The highest BCUT2D eigenvalue weighted by Gasteiger charge is 2.31. The number of fused-ring (bicyclic) bond motifs is 1. The highest BCUT2D eigenvalue weighted by molar-refractivity contribution is 7.09. The number of carbonyl (C=O) groups is 2. The maximum Gasteiger partial charge on any atom is 0.254 e. The second-order valence-electron chi connectivity index (χ2n) is 9.11. The molecule has 3 aromatic rings. The SMILES string of the molecule is O=C(CN(C(=O)c1ccc2c(c1)OCO2)C1CCCCC1)N(Cc1ccccc1)Cc1cccs1. The summed E-state index contributed by atoms with van der Waals surface area (Å²) in [5.41, 5.74) is 1.60. The molecule has 0 spiro atoms. The first-order valence-corrected chi connectivity index (χ1v) is 13.1. The molecule has 0 atom stereocenters. The van der Waals surface area contributed by atoms with Crippen molar-refractivity contribution in [2.45, 2.75) is 51.2 Å². The normalized spacial score (nSPS) is 15.1. The van der Waals surface area contributed by atoms with Crippen LogP contribution in [0.5, 0.6) is 11.5 Å². The van der Waals surface area contributed by atoms with Gasteiger partial charge in [0.1, 0.15) is 6.54 Å². The Morgan fingerprint density at radius 3 is 2.46 bits per heavy atom. The number of amides is 2. The molecule has 182 valence electrons. The fourth-order valence-corrected chi connectivity index (χ4v) is 5.55. The number of rotatable bonds is 8. The van der Waals surface area contributed by atoms with Crippen LogP contribution in [0, 0.1) is 0 Å². The number of benzene rings is 2. The summed E-state index contributed by atoms with van der Waals surface area (Å²) < 4.78 is 10.9. The summed E-state index contributed by atoms with van der Waals surface area (Å²) in [6.45, 7) is 1.27. The molecule has 0 radical (unpaired) electrons. The zero-order valence-corrected chi connectivity index (χ0v) is 20.5. The van der Waals surface area contributed by atoms with Crippen molar-refractivity contribution in [1.29, 1.82) is 0 Å². The minimum atomic E-state index is -0.126. The van der Waals surface area contributed by atoms with E-state index in [4.69, 9.17) is 9.47 Å². The van der Waals surface area contributed by atoms with Gasteiger partial charge in [0.2, 0.25) is 12.7 Å². The van der Waals surface area contributed by atoms with Gasteiger partial charge in [0.05, 0.1) is 6.54 Å². The van der Waals surface area contributed by atoms with Crippen molar-refractivity contribution in [3.05, 3.63) is 82.0 Å². The lowest BCUT2D eigenvalue weighted by molar-refractivity contribution is -0.133. The monoisotopic (exact) mass is 490 g/mol. The Labute approximate surface area is 210 Å². The quantitative estimate of drug-likeness (QED) is 0.420. The van der Waals surface area contributed by atoms with Gasteiger partial charge < -0.3 is 19.3 Å². The second kappa shape index (κ2) is 11.0. The van der Waals surface area contributed by atoms with E-state index in [1.807, 2.05) is 52.7 Å². The Morgan fingerprint density at radius 1 is 0.886 bits per heavy atom. The fraction of sp³-hybridized carbons (Fsp3) is 0.357. The second-order valence-corrected chi connectivity index (χ2v) is 10.1. The van der Waals surface area contributed by atoms with Crippen LogP contribution in [0.4, 0.5) is 0 Å². The van der Waals surface area contributed by atoms with E-state index in [-0.39, 0.29) is 31.2 Å². The Morgan fingerprint density at radius 2 is 1.69 bits per heavy atom. The number of carbonyl (C=O) groups excluding carboxylic acids is 2. The number of ether oxygens (including phenoxy) is 2. The van der Waals surface area contributed by atoms with E-state index in [1.54, 1.807) is 34.4 Å². The van der Waals surface area contributed by atoms with Crippen LogP contribution in [0.25, 0.3) is 0 Å². The van der Waals surface area contributed by atoms with E-state index < -0.39 is 0 Å². The molecule has 1 aliphatic carbocycles. The molecule has 1 saturated carbocycles. The summed E-state index contributed by atoms with van der Waals surface area (Å²) in [4.78, 5) is 32.3. The molecule has 2 amide bonds. The molecule has 35 heavy (non-hydrogen) atoms. The van der Waals surface area contributed by atoms with Gasteiger partial charge in [-0.2, -0.15) is 0 Å². The summed E-state index contributed by atoms with van der Waals surface area (Å²) in [6.07, 6.45) is 5.18. The standard InChI is InChI=1S/C28H30N2O4S/c31-27(29(18-24-12-7-15-35-24)17-21-8-3-1-4-9-21)19-30(23-10-5-2-6-11-23)28(32)22-13-14-25-26(16-22)34-20-33-25/h1,3-4,7-9,12-16,23H,2,5-6,10-11,17-20H2.